The topological polar surface area (TPSA) is 90.5 Å². The first kappa shape index (κ1) is 26.3. The van der Waals surface area contributed by atoms with Gasteiger partial charge in [0.25, 0.3) is 17.7 Å². The molecule has 1 aliphatic heterocycles. The van der Waals surface area contributed by atoms with Gasteiger partial charge >= 0.3 is 0 Å². The Bertz CT molecular complexity index is 1610. The van der Waals surface area contributed by atoms with E-state index >= 15 is 0 Å². The predicted molar refractivity (Wildman–Crippen MR) is 156 cm³/mol. The molecule has 0 saturated heterocycles. The van der Waals surface area contributed by atoms with Crippen LogP contribution in [0, 0.1) is 0 Å². The van der Waals surface area contributed by atoms with Crippen LogP contribution in [0.25, 0.3) is 0 Å². The summed E-state index contributed by atoms with van der Waals surface area (Å²) in [6.45, 7) is 0. The van der Waals surface area contributed by atoms with E-state index in [9.17, 15) is 14.4 Å². The molecule has 0 unspecified atom stereocenters. The van der Waals surface area contributed by atoms with E-state index in [1.807, 2.05) is 42.5 Å². The second kappa shape index (κ2) is 11.2. The zero-order valence-corrected chi connectivity index (χ0v) is 22.3. The minimum absolute atomic E-state index is 0.0593. The van der Waals surface area contributed by atoms with Gasteiger partial charge in [-0.15, -0.1) is 0 Å². The first-order valence-corrected chi connectivity index (χ1v) is 12.8. The average molecular weight is 578 g/mol. The highest BCUT2D eigenvalue weighted by atomic mass is 35.5. The molecule has 0 aliphatic carbocycles. The minimum atomic E-state index is -0.727. The fourth-order valence-electron chi connectivity index (χ4n) is 3.87. The van der Waals surface area contributed by atoms with E-state index in [2.05, 4.69) is 16.0 Å². The summed E-state index contributed by atoms with van der Waals surface area (Å²) in [5.41, 5.74) is 3.35. The smallest absolute Gasteiger partial charge is 0.283 e. The lowest BCUT2D eigenvalue weighted by Gasteiger charge is -2.17. The number of rotatable bonds is 7. The second-order valence-corrected chi connectivity index (χ2v) is 9.60. The molecular formula is C29H19Cl3N4O3. The van der Waals surface area contributed by atoms with Crippen molar-refractivity contribution in [1.82, 2.24) is 0 Å². The van der Waals surface area contributed by atoms with E-state index in [0.29, 0.717) is 16.9 Å². The van der Waals surface area contributed by atoms with Crippen LogP contribution in [0.5, 0.6) is 0 Å². The summed E-state index contributed by atoms with van der Waals surface area (Å²) in [6.07, 6.45) is 0. The number of carbonyl (C=O) groups excluding carboxylic acids is 3. The number of amides is 3. The minimum Gasteiger partial charge on any atom is -0.356 e. The third kappa shape index (κ3) is 5.61. The third-order valence-electron chi connectivity index (χ3n) is 5.82. The van der Waals surface area contributed by atoms with E-state index in [0.717, 1.165) is 16.3 Å². The summed E-state index contributed by atoms with van der Waals surface area (Å²) in [4.78, 5) is 39.4. The highest BCUT2D eigenvalue weighted by Gasteiger charge is 2.40. The van der Waals surface area contributed by atoms with Crippen LogP contribution in [0.3, 0.4) is 0 Å². The van der Waals surface area contributed by atoms with Crippen LogP contribution in [-0.2, 0) is 9.59 Å². The van der Waals surface area contributed by atoms with Gasteiger partial charge in [0, 0.05) is 28.3 Å². The molecule has 0 bridgehead atoms. The largest absolute Gasteiger partial charge is 0.356 e. The highest BCUT2D eigenvalue weighted by molar-refractivity contribution is 6.54. The van der Waals surface area contributed by atoms with E-state index in [1.54, 1.807) is 48.5 Å². The molecule has 0 radical (unpaired) electrons. The predicted octanol–water partition coefficient (Wildman–Crippen LogP) is 7.43. The van der Waals surface area contributed by atoms with Gasteiger partial charge in [0.1, 0.15) is 10.7 Å². The second-order valence-electron chi connectivity index (χ2n) is 8.43. The quantitative estimate of drug-likeness (QED) is 0.199. The SMILES string of the molecule is O=C(Nc1ccc(Nc2ccccc2)cc1)c1ccc(NC2=C(Cl)C(=O)N(c3cccc(Cl)c3Cl)C2=O)cc1. The summed E-state index contributed by atoms with van der Waals surface area (Å²) >= 11 is 18.4. The van der Waals surface area contributed by atoms with Crippen LogP contribution in [0.1, 0.15) is 10.4 Å². The molecule has 1 aliphatic rings. The summed E-state index contributed by atoms with van der Waals surface area (Å²) < 4.78 is 0. The van der Waals surface area contributed by atoms with Crippen molar-refractivity contribution in [2.45, 2.75) is 0 Å². The van der Waals surface area contributed by atoms with E-state index < -0.39 is 11.8 Å². The van der Waals surface area contributed by atoms with Gasteiger partial charge in [0.05, 0.1) is 15.7 Å². The van der Waals surface area contributed by atoms with Gasteiger partial charge in [-0.25, -0.2) is 4.90 Å². The molecule has 10 heteroatoms. The molecule has 0 aromatic heterocycles. The van der Waals surface area contributed by atoms with E-state index in [-0.39, 0.29) is 32.4 Å². The maximum Gasteiger partial charge on any atom is 0.283 e. The van der Waals surface area contributed by atoms with Crippen molar-refractivity contribution in [3.05, 3.63) is 123 Å². The fraction of sp³-hybridized carbons (Fsp3) is 0. The van der Waals surface area contributed by atoms with Crippen molar-refractivity contribution in [3.63, 3.8) is 0 Å². The summed E-state index contributed by atoms with van der Waals surface area (Å²) in [7, 11) is 0. The number of anilines is 5. The van der Waals surface area contributed by atoms with Crippen LogP contribution >= 0.6 is 34.8 Å². The third-order valence-corrected chi connectivity index (χ3v) is 6.98. The Kier molecular flexibility index (Phi) is 7.56. The van der Waals surface area contributed by atoms with Crippen LogP contribution in [0.2, 0.25) is 10.0 Å². The Morgan fingerprint density at radius 1 is 0.615 bits per heavy atom. The Labute approximate surface area is 239 Å². The number of nitrogens with one attached hydrogen (secondary N) is 3. The first-order chi connectivity index (χ1) is 18.8. The molecule has 0 fully saturated rings. The van der Waals surface area contributed by atoms with Crippen molar-refractivity contribution in [3.8, 4) is 0 Å². The van der Waals surface area contributed by atoms with Crippen molar-refractivity contribution in [1.29, 1.82) is 0 Å². The molecule has 3 amide bonds. The number of hydrogen-bond donors (Lipinski definition) is 3. The number of benzene rings is 4. The molecule has 39 heavy (non-hydrogen) atoms. The number of imide groups is 1. The number of halogens is 3. The van der Waals surface area contributed by atoms with Crippen LogP contribution in [-0.4, -0.2) is 17.7 Å². The van der Waals surface area contributed by atoms with Gasteiger partial charge in [-0.3, -0.25) is 14.4 Å². The lowest BCUT2D eigenvalue weighted by Crippen LogP contribution is -2.32. The zero-order valence-electron chi connectivity index (χ0n) is 20.0. The first-order valence-electron chi connectivity index (χ1n) is 11.6. The van der Waals surface area contributed by atoms with E-state index in [1.165, 1.54) is 6.07 Å². The maximum absolute atomic E-state index is 13.0. The molecule has 4 aromatic rings. The van der Waals surface area contributed by atoms with Crippen LogP contribution in [0.15, 0.2) is 108 Å². The lowest BCUT2D eigenvalue weighted by atomic mass is 10.1. The number of para-hydroxylation sites is 1. The van der Waals surface area contributed by atoms with Crippen molar-refractivity contribution in [2.24, 2.45) is 0 Å². The molecule has 5 rings (SSSR count). The lowest BCUT2D eigenvalue weighted by molar-refractivity contribution is -0.120. The summed E-state index contributed by atoms with van der Waals surface area (Å²) in [5, 5.41) is 8.97. The molecule has 0 saturated carbocycles. The Morgan fingerprint density at radius 3 is 1.90 bits per heavy atom. The normalized spacial score (nSPS) is 13.1. The Balaban J connectivity index is 1.23. The van der Waals surface area contributed by atoms with Gasteiger partial charge in [-0.1, -0.05) is 59.1 Å². The van der Waals surface area contributed by atoms with Gasteiger partial charge in [0.2, 0.25) is 0 Å². The molecule has 1 heterocycles. The molecule has 0 spiro atoms. The Morgan fingerprint density at radius 2 is 1.21 bits per heavy atom. The average Bonchev–Trinajstić information content (AvgIpc) is 3.15. The van der Waals surface area contributed by atoms with Gasteiger partial charge in [-0.05, 0) is 72.8 Å². The van der Waals surface area contributed by atoms with Gasteiger partial charge in [-0.2, -0.15) is 0 Å². The summed E-state index contributed by atoms with van der Waals surface area (Å²) in [6, 6.07) is 28.1. The molecule has 4 aromatic carbocycles. The summed E-state index contributed by atoms with van der Waals surface area (Å²) in [5.74, 6) is -1.72. The van der Waals surface area contributed by atoms with E-state index in [4.69, 9.17) is 34.8 Å². The zero-order chi connectivity index (χ0) is 27.5. The monoisotopic (exact) mass is 576 g/mol. The van der Waals surface area contributed by atoms with Gasteiger partial charge in [0.15, 0.2) is 0 Å². The molecule has 3 N–H and O–H groups in total. The maximum atomic E-state index is 13.0. The molecule has 194 valence electrons. The van der Waals surface area contributed by atoms with Crippen molar-refractivity contribution >= 4 is 81.0 Å². The van der Waals surface area contributed by atoms with Crippen LogP contribution < -0.4 is 20.9 Å². The number of hydrogen-bond acceptors (Lipinski definition) is 5. The number of nitrogens with zero attached hydrogens (tertiary/aromatic N) is 1. The van der Waals surface area contributed by atoms with Crippen LogP contribution in [0.4, 0.5) is 28.4 Å². The highest BCUT2D eigenvalue weighted by Crippen LogP contribution is 2.37. The molecule has 7 nitrogen and oxygen atoms in total. The number of carbonyl (C=O) groups is 3. The van der Waals surface area contributed by atoms with Gasteiger partial charge < -0.3 is 16.0 Å². The standard InChI is InChI=1S/C29H19Cl3N4O3/c30-22-7-4-8-23(24(22)31)36-28(38)25(32)26(29(36)39)34-20-11-9-17(10-12-20)27(37)35-21-15-13-19(14-16-21)33-18-5-2-1-3-6-18/h1-16,33-34H,(H,35,37). The molecule has 0 atom stereocenters. The van der Waals surface area contributed by atoms with Crippen molar-refractivity contribution < 1.29 is 14.4 Å². The van der Waals surface area contributed by atoms with Crippen molar-refractivity contribution in [2.75, 3.05) is 20.9 Å². The fourth-order valence-corrected chi connectivity index (χ4v) is 4.47. The Hall–Kier alpha value is -4.30. The molecular weight excluding hydrogens is 559 g/mol.